The minimum atomic E-state index is -0.824. The van der Waals surface area contributed by atoms with E-state index in [4.69, 9.17) is 0 Å². The summed E-state index contributed by atoms with van der Waals surface area (Å²) >= 11 is 2.44. The molecule has 26 heavy (non-hydrogen) atoms. The molecule has 8 nitrogen and oxygen atoms in total. The molecule has 3 aromatic rings. The lowest BCUT2D eigenvalue weighted by molar-refractivity contribution is -0.133. The van der Waals surface area contributed by atoms with Gasteiger partial charge < -0.3 is 0 Å². The van der Waals surface area contributed by atoms with Gasteiger partial charge in [-0.2, -0.15) is 0 Å². The van der Waals surface area contributed by atoms with Crippen molar-refractivity contribution in [2.24, 2.45) is 0 Å². The van der Waals surface area contributed by atoms with Crippen molar-refractivity contribution in [1.29, 1.82) is 0 Å². The van der Waals surface area contributed by atoms with Gasteiger partial charge in [0.25, 0.3) is 0 Å². The average Bonchev–Trinajstić information content (AvgIpc) is 3.24. The van der Waals surface area contributed by atoms with Crippen LogP contribution in [0, 0.1) is 6.92 Å². The maximum atomic E-state index is 11.9. The number of amides is 2. The Bertz CT molecular complexity index is 908. The first-order valence-electron chi connectivity index (χ1n) is 7.81. The Morgan fingerprint density at radius 1 is 0.962 bits per heavy atom. The molecule has 2 aromatic heterocycles. The first-order chi connectivity index (χ1) is 12.5. The molecular weight excluding hydrogens is 372 g/mol. The van der Waals surface area contributed by atoms with E-state index in [-0.39, 0.29) is 16.2 Å². The molecule has 1 atom stereocenters. The summed E-state index contributed by atoms with van der Waals surface area (Å²) in [5, 5.41) is 22.4. The van der Waals surface area contributed by atoms with Gasteiger partial charge in [0.05, 0.1) is 0 Å². The summed E-state index contributed by atoms with van der Waals surface area (Å²) < 4.78 is 0. The number of anilines is 2. The van der Waals surface area contributed by atoms with Crippen molar-refractivity contribution in [2.75, 3.05) is 10.6 Å². The van der Waals surface area contributed by atoms with Gasteiger partial charge in [-0.05, 0) is 18.4 Å². The lowest BCUT2D eigenvalue weighted by Crippen LogP contribution is -2.29. The summed E-state index contributed by atoms with van der Waals surface area (Å²) in [5.74, 6) is -1.37. The van der Waals surface area contributed by atoms with E-state index in [1.54, 1.807) is 6.92 Å². The zero-order valence-electron chi connectivity index (χ0n) is 14.1. The molecule has 0 unspecified atom stereocenters. The van der Waals surface area contributed by atoms with Gasteiger partial charge in [0, 0.05) is 6.42 Å². The highest BCUT2D eigenvalue weighted by Crippen LogP contribution is 2.24. The number of carbonyl (C=O) groups is 2. The van der Waals surface area contributed by atoms with E-state index in [2.05, 4.69) is 50.1 Å². The summed E-state index contributed by atoms with van der Waals surface area (Å²) in [7, 11) is 0. The predicted octanol–water partition coefficient (Wildman–Crippen LogP) is 2.62. The fraction of sp³-hybridized carbons (Fsp3) is 0.250. The van der Waals surface area contributed by atoms with Gasteiger partial charge in [-0.3, -0.25) is 20.2 Å². The van der Waals surface area contributed by atoms with Gasteiger partial charge in [0.15, 0.2) is 0 Å². The van der Waals surface area contributed by atoms with Crippen LogP contribution in [0.4, 0.5) is 10.3 Å². The molecule has 3 rings (SSSR count). The number of nitrogens with one attached hydrogen (secondary N) is 2. The molecule has 0 fully saturated rings. The van der Waals surface area contributed by atoms with Crippen LogP contribution in [0.2, 0.25) is 0 Å². The largest absolute Gasteiger partial charge is 0.315 e. The lowest BCUT2D eigenvalue weighted by atomic mass is 9.98. The smallest absolute Gasteiger partial charge is 0.292 e. The third-order valence-electron chi connectivity index (χ3n) is 3.49. The Labute approximate surface area is 157 Å². The minimum absolute atomic E-state index is 0.275. The topological polar surface area (TPSA) is 110 Å². The zero-order chi connectivity index (χ0) is 18.5. The van der Waals surface area contributed by atoms with Crippen LogP contribution < -0.4 is 10.6 Å². The van der Waals surface area contributed by atoms with Crippen LogP contribution >= 0.6 is 22.7 Å². The molecule has 2 amide bonds. The Morgan fingerprint density at radius 2 is 1.58 bits per heavy atom. The summed E-state index contributed by atoms with van der Waals surface area (Å²) in [4.78, 5) is 23.8. The van der Waals surface area contributed by atoms with E-state index in [0.717, 1.165) is 5.01 Å². The van der Waals surface area contributed by atoms with Crippen molar-refractivity contribution in [3.8, 4) is 0 Å². The molecule has 0 bridgehead atoms. The van der Waals surface area contributed by atoms with Gasteiger partial charge in [-0.25, -0.2) is 0 Å². The Kier molecular flexibility index (Phi) is 5.64. The van der Waals surface area contributed by atoms with Crippen molar-refractivity contribution in [1.82, 2.24) is 20.4 Å². The standard InChI is InChI=1S/C16H16N6O2S2/c1-9(11-6-4-3-5-7-11)8-12-20-22-16(26-12)18-14(24)13(23)17-15-21-19-10(2)25-15/h3-7,9H,8H2,1-2H3,(H,17,21,23)(H,18,22,24)/t9-/m0/s1. The quantitative estimate of drug-likeness (QED) is 0.650. The Morgan fingerprint density at radius 3 is 2.19 bits per heavy atom. The highest BCUT2D eigenvalue weighted by atomic mass is 32.1. The molecule has 0 saturated heterocycles. The van der Waals surface area contributed by atoms with E-state index in [9.17, 15) is 9.59 Å². The molecule has 1 aromatic carbocycles. The third kappa shape index (κ3) is 4.67. The van der Waals surface area contributed by atoms with Gasteiger partial charge in [0.1, 0.15) is 10.0 Å². The fourth-order valence-corrected chi connectivity index (χ4v) is 3.65. The van der Waals surface area contributed by atoms with Gasteiger partial charge in [-0.1, -0.05) is 59.9 Å². The van der Waals surface area contributed by atoms with Crippen LogP contribution in [0.25, 0.3) is 0 Å². The van der Waals surface area contributed by atoms with Gasteiger partial charge >= 0.3 is 11.8 Å². The second-order valence-corrected chi connectivity index (χ2v) is 7.80. The molecule has 134 valence electrons. The highest BCUT2D eigenvalue weighted by molar-refractivity contribution is 7.15. The van der Waals surface area contributed by atoms with Crippen LogP contribution in [0.15, 0.2) is 30.3 Å². The fourth-order valence-electron chi connectivity index (χ4n) is 2.20. The maximum absolute atomic E-state index is 11.9. The number of carbonyl (C=O) groups excluding carboxylic acids is 2. The van der Waals surface area contributed by atoms with E-state index in [0.29, 0.717) is 11.4 Å². The molecular formula is C16H16N6O2S2. The number of nitrogens with zero attached hydrogens (tertiary/aromatic N) is 4. The molecule has 0 aliphatic heterocycles. The highest BCUT2D eigenvalue weighted by Gasteiger charge is 2.18. The first kappa shape index (κ1) is 18.1. The second-order valence-electron chi connectivity index (χ2n) is 5.55. The number of benzene rings is 1. The molecule has 2 N–H and O–H groups in total. The molecule has 2 heterocycles. The van der Waals surface area contributed by atoms with Crippen molar-refractivity contribution >= 4 is 44.8 Å². The van der Waals surface area contributed by atoms with Crippen LogP contribution in [-0.2, 0) is 16.0 Å². The van der Waals surface area contributed by atoms with E-state index >= 15 is 0 Å². The van der Waals surface area contributed by atoms with E-state index in [1.165, 1.54) is 28.2 Å². The van der Waals surface area contributed by atoms with Crippen molar-refractivity contribution in [3.63, 3.8) is 0 Å². The first-order valence-corrected chi connectivity index (χ1v) is 9.44. The summed E-state index contributed by atoms with van der Waals surface area (Å²) in [6.07, 6.45) is 0.702. The summed E-state index contributed by atoms with van der Waals surface area (Å²) in [6.45, 7) is 3.86. The van der Waals surface area contributed by atoms with Crippen LogP contribution in [0.1, 0.15) is 28.4 Å². The normalized spacial score (nSPS) is 11.8. The number of hydrogen-bond donors (Lipinski definition) is 2. The molecule has 0 saturated carbocycles. The van der Waals surface area contributed by atoms with Crippen LogP contribution in [0.5, 0.6) is 0 Å². The number of hydrogen-bond acceptors (Lipinski definition) is 8. The zero-order valence-corrected chi connectivity index (χ0v) is 15.7. The second kappa shape index (κ2) is 8.11. The number of aromatic nitrogens is 4. The third-order valence-corrected chi connectivity index (χ3v) is 5.10. The Balaban J connectivity index is 1.56. The van der Waals surface area contributed by atoms with Crippen molar-refractivity contribution in [2.45, 2.75) is 26.2 Å². The number of rotatable bonds is 5. The predicted molar refractivity (Wildman–Crippen MR) is 100 cm³/mol. The molecule has 0 aliphatic carbocycles. The maximum Gasteiger partial charge on any atom is 0.315 e. The van der Waals surface area contributed by atoms with Crippen LogP contribution in [-0.4, -0.2) is 32.2 Å². The van der Waals surface area contributed by atoms with Crippen LogP contribution in [0.3, 0.4) is 0 Å². The molecule has 10 heteroatoms. The Hall–Kier alpha value is -2.72. The average molecular weight is 388 g/mol. The van der Waals surface area contributed by atoms with E-state index in [1.807, 2.05) is 18.2 Å². The number of aryl methyl sites for hydroxylation is 1. The lowest BCUT2D eigenvalue weighted by Gasteiger charge is -2.08. The summed E-state index contributed by atoms with van der Waals surface area (Å²) in [6, 6.07) is 10.1. The molecule has 0 radical (unpaired) electrons. The monoisotopic (exact) mass is 388 g/mol. The SMILES string of the molecule is Cc1nnc(NC(=O)C(=O)Nc2nnc(C[C@H](C)c3ccccc3)s2)s1. The van der Waals surface area contributed by atoms with E-state index < -0.39 is 11.8 Å². The van der Waals surface area contributed by atoms with Crippen molar-refractivity contribution < 1.29 is 9.59 Å². The van der Waals surface area contributed by atoms with Gasteiger partial charge in [-0.15, -0.1) is 20.4 Å². The molecule has 0 aliphatic rings. The minimum Gasteiger partial charge on any atom is -0.292 e. The van der Waals surface area contributed by atoms with Gasteiger partial charge in [0.2, 0.25) is 10.3 Å². The van der Waals surface area contributed by atoms with Crippen molar-refractivity contribution in [3.05, 3.63) is 45.9 Å². The molecule has 0 spiro atoms. The summed E-state index contributed by atoms with van der Waals surface area (Å²) in [5.41, 5.74) is 1.21.